The van der Waals surface area contributed by atoms with Crippen LogP contribution < -0.4 is 0 Å². The number of hydrogen-bond acceptors (Lipinski definition) is 3. The van der Waals surface area contributed by atoms with Gasteiger partial charge in [0.25, 0.3) is 0 Å². The van der Waals surface area contributed by atoms with Gasteiger partial charge < -0.3 is 0 Å². The van der Waals surface area contributed by atoms with E-state index in [-0.39, 0.29) is 0 Å². The Morgan fingerprint density at radius 1 is 1.00 bits per heavy atom. The van der Waals surface area contributed by atoms with Gasteiger partial charge in [-0.1, -0.05) is 53.5 Å². The molecule has 0 aliphatic heterocycles. The zero-order valence-electron chi connectivity index (χ0n) is 9.98. The SMILES string of the molecule is CN(Cc1ccccc1)Cc1nc(Cl)cc(Cl)n1. The largest absolute Gasteiger partial charge is 0.295 e. The number of halogens is 2. The molecule has 2 aromatic rings. The molecule has 1 heterocycles. The van der Waals surface area contributed by atoms with E-state index in [2.05, 4.69) is 27.0 Å². The van der Waals surface area contributed by atoms with Gasteiger partial charge in [0, 0.05) is 12.6 Å². The quantitative estimate of drug-likeness (QED) is 0.805. The Hall–Kier alpha value is -1.16. The van der Waals surface area contributed by atoms with Crippen molar-refractivity contribution in [2.75, 3.05) is 7.05 Å². The summed E-state index contributed by atoms with van der Waals surface area (Å²) in [5.74, 6) is 0.630. The van der Waals surface area contributed by atoms with Gasteiger partial charge in [-0.2, -0.15) is 0 Å². The summed E-state index contributed by atoms with van der Waals surface area (Å²) in [6.45, 7) is 1.43. The van der Waals surface area contributed by atoms with Crippen LogP contribution >= 0.6 is 23.2 Å². The number of aromatic nitrogens is 2. The molecule has 0 atom stereocenters. The third-order valence-electron chi connectivity index (χ3n) is 2.42. The monoisotopic (exact) mass is 281 g/mol. The van der Waals surface area contributed by atoms with E-state index in [1.807, 2.05) is 25.2 Å². The number of hydrogen-bond donors (Lipinski definition) is 0. The highest BCUT2D eigenvalue weighted by Gasteiger charge is 2.06. The molecule has 18 heavy (non-hydrogen) atoms. The zero-order chi connectivity index (χ0) is 13.0. The fourth-order valence-electron chi connectivity index (χ4n) is 1.70. The van der Waals surface area contributed by atoms with Crippen molar-refractivity contribution in [3.63, 3.8) is 0 Å². The van der Waals surface area contributed by atoms with E-state index < -0.39 is 0 Å². The van der Waals surface area contributed by atoms with Crippen molar-refractivity contribution >= 4 is 23.2 Å². The van der Waals surface area contributed by atoms with Crippen LogP contribution in [0.4, 0.5) is 0 Å². The first kappa shape index (κ1) is 13.3. The predicted octanol–water partition coefficient (Wildman–Crippen LogP) is 3.42. The Morgan fingerprint density at radius 2 is 1.61 bits per heavy atom. The topological polar surface area (TPSA) is 29.0 Å². The van der Waals surface area contributed by atoms with Crippen molar-refractivity contribution in [2.24, 2.45) is 0 Å². The van der Waals surface area contributed by atoms with Crippen molar-refractivity contribution < 1.29 is 0 Å². The van der Waals surface area contributed by atoms with Gasteiger partial charge in [0.1, 0.15) is 16.1 Å². The van der Waals surface area contributed by atoms with Crippen LogP contribution in [0, 0.1) is 0 Å². The molecule has 0 radical (unpaired) electrons. The first-order chi connectivity index (χ1) is 8.63. The molecule has 0 bridgehead atoms. The summed E-state index contributed by atoms with van der Waals surface area (Å²) in [6.07, 6.45) is 0. The van der Waals surface area contributed by atoms with E-state index in [4.69, 9.17) is 23.2 Å². The van der Waals surface area contributed by atoms with Gasteiger partial charge in [-0.3, -0.25) is 4.90 Å². The summed E-state index contributed by atoms with van der Waals surface area (Å²) in [5.41, 5.74) is 1.24. The van der Waals surface area contributed by atoms with Crippen LogP contribution in [-0.2, 0) is 13.1 Å². The van der Waals surface area contributed by atoms with Gasteiger partial charge in [-0.05, 0) is 12.6 Å². The van der Waals surface area contributed by atoms with Gasteiger partial charge in [-0.15, -0.1) is 0 Å². The van der Waals surface area contributed by atoms with Crippen molar-refractivity contribution in [3.05, 3.63) is 58.1 Å². The minimum atomic E-state index is 0.373. The van der Waals surface area contributed by atoms with E-state index in [0.29, 0.717) is 22.7 Å². The van der Waals surface area contributed by atoms with Crippen LogP contribution in [0.1, 0.15) is 11.4 Å². The normalized spacial score (nSPS) is 10.9. The summed E-state index contributed by atoms with van der Waals surface area (Å²) in [7, 11) is 2.01. The van der Waals surface area contributed by atoms with E-state index in [9.17, 15) is 0 Å². The highest BCUT2D eigenvalue weighted by atomic mass is 35.5. The summed E-state index contributed by atoms with van der Waals surface area (Å²) in [6, 6.07) is 11.8. The second-order valence-corrected chi connectivity index (χ2v) is 4.86. The average Bonchev–Trinajstić information content (AvgIpc) is 2.28. The van der Waals surface area contributed by atoms with Crippen molar-refractivity contribution in [3.8, 4) is 0 Å². The van der Waals surface area contributed by atoms with E-state index in [1.165, 1.54) is 11.6 Å². The first-order valence-corrected chi connectivity index (χ1v) is 6.30. The molecule has 0 aliphatic carbocycles. The standard InChI is InChI=1S/C13H13Cl2N3/c1-18(8-10-5-3-2-4-6-10)9-13-16-11(14)7-12(15)17-13/h2-7H,8-9H2,1H3. The molecule has 1 aromatic carbocycles. The van der Waals surface area contributed by atoms with Crippen LogP contribution in [0.15, 0.2) is 36.4 Å². The summed E-state index contributed by atoms with van der Waals surface area (Å²) < 4.78 is 0. The van der Waals surface area contributed by atoms with E-state index in [0.717, 1.165) is 6.54 Å². The highest BCUT2D eigenvalue weighted by Crippen LogP contribution is 2.13. The van der Waals surface area contributed by atoms with Crippen LogP contribution in [0.25, 0.3) is 0 Å². The van der Waals surface area contributed by atoms with Crippen LogP contribution in [0.5, 0.6) is 0 Å². The highest BCUT2D eigenvalue weighted by molar-refractivity contribution is 6.33. The molecule has 3 nitrogen and oxygen atoms in total. The fourth-order valence-corrected chi connectivity index (χ4v) is 2.16. The van der Waals surface area contributed by atoms with Gasteiger partial charge in [0.2, 0.25) is 0 Å². The third kappa shape index (κ3) is 3.95. The van der Waals surface area contributed by atoms with Crippen LogP contribution in [0.2, 0.25) is 10.3 Å². The molecule has 0 fully saturated rings. The predicted molar refractivity (Wildman–Crippen MR) is 73.7 cm³/mol. The fraction of sp³-hybridized carbons (Fsp3) is 0.231. The average molecular weight is 282 g/mol. The molecule has 0 amide bonds. The molecule has 0 unspecified atom stereocenters. The Labute approximate surface area is 116 Å². The Kier molecular flexibility index (Phi) is 4.53. The number of benzene rings is 1. The molecular weight excluding hydrogens is 269 g/mol. The molecule has 5 heteroatoms. The summed E-state index contributed by atoms with van der Waals surface area (Å²) in [5, 5.41) is 0.747. The second-order valence-electron chi connectivity index (χ2n) is 4.09. The molecule has 94 valence electrons. The number of nitrogens with zero attached hydrogens (tertiary/aromatic N) is 3. The lowest BCUT2D eigenvalue weighted by Gasteiger charge is -2.15. The van der Waals surface area contributed by atoms with Gasteiger partial charge in [0.05, 0.1) is 6.54 Å². The van der Waals surface area contributed by atoms with Crippen molar-refractivity contribution in [2.45, 2.75) is 13.1 Å². The lowest BCUT2D eigenvalue weighted by atomic mass is 10.2. The smallest absolute Gasteiger partial charge is 0.145 e. The minimum Gasteiger partial charge on any atom is -0.295 e. The first-order valence-electron chi connectivity index (χ1n) is 5.55. The van der Waals surface area contributed by atoms with Crippen LogP contribution in [0.3, 0.4) is 0 Å². The number of rotatable bonds is 4. The van der Waals surface area contributed by atoms with Crippen molar-refractivity contribution in [1.29, 1.82) is 0 Å². The maximum absolute atomic E-state index is 5.84. The maximum Gasteiger partial charge on any atom is 0.145 e. The van der Waals surface area contributed by atoms with Gasteiger partial charge in [0.15, 0.2) is 0 Å². The van der Waals surface area contributed by atoms with E-state index in [1.54, 1.807) is 0 Å². The van der Waals surface area contributed by atoms with Crippen LogP contribution in [-0.4, -0.2) is 21.9 Å². The maximum atomic E-state index is 5.84. The third-order valence-corrected chi connectivity index (χ3v) is 2.80. The Bertz CT molecular complexity index is 497. The van der Waals surface area contributed by atoms with Gasteiger partial charge in [-0.25, -0.2) is 9.97 Å². The molecule has 0 saturated carbocycles. The molecule has 0 N–H and O–H groups in total. The molecular formula is C13H13Cl2N3. The molecule has 2 rings (SSSR count). The van der Waals surface area contributed by atoms with Gasteiger partial charge >= 0.3 is 0 Å². The van der Waals surface area contributed by atoms with Crippen molar-refractivity contribution in [1.82, 2.24) is 14.9 Å². The Morgan fingerprint density at radius 3 is 2.22 bits per heavy atom. The second kappa shape index (κ2) is 6.14. The molecule has 1 aromatic heterocycles. The van der Waals surface area contributed by atoms with E-state index >= 15 is 0 Å². The molecule has 0 aliphatic rings. The lowest BCUT2D eigenvalue weighted by molar-refractivity contribution is 0.310. The Balaban J connectivity index is 2.01. The molecule has 0 spiro atoms. The summed E-state index contributed by atoms with van der Waals surface area (Å²) in [4.78, 5) is 10.4. The zero-order valence-corrected chi connectivity index (χ0v) is 11.5. The molecule has 0 saturated heterocycles. The lowest BCUT2D eigenvalue weighted by Crippen LogP contribution is -2.18. The minimum absolute atomic E-state index is 0.373. The summed E-state index contributed by atoms with van der Waals surface area (Å²) >= 11 is 11.7.